The predicted octanol–water partition coefficient (Wildman–Crippen LogP) is 1.32. The molecule has 1 unspecified atom stereocenters. The van der Waals surface area contributed by atoms with Gasteiger partial charge in [0.1, 0.15) is 6.29 Å². The van der Waals surface area contributed by atoms with Crippen LogP contribution in [0.4, 0.5) is 0 Å². The molecule has 1 aliphatic rings. The molecule has 82 valence electrons. The zero-order valence-corrected chi connectivity index (χ0v) is 9.24. The van der Waals surface area contributed by atoms with Crippen molar-refractivity contribution < 1.29 is 9.53 Å². The van der Waals surface area contributed by atoms with Crippen molar-refractivity contribution in [2.75, 3.05) is 26.8 Å². The molecule has 14 heavy (non-hydrogen) atoms. The van der Waals surface area contributed by atoms with E-state index in [-0.39, 0.29) is 0 Å². The second kappa shape index (κ2) is 6.14. The number of hydrogen-bond donors (Lipinski definition) is 0. The van der Waals surface area contributed by atoms with Crippen molar-refractivity contribution in [2.24, 2.45) is 5.92 Å². The minimum absolute atomic E-state index is 0.306. The first-order chi connectivity index (χ1) is 6.77. The minimum atomic E-state index is 0.306. The minimum Gasteiger partial charge on any atom is -0.385 e. The Balaban J connectivity index is 2.22. The van der Waals surface area contributed by atoms with Gasteiger partial charge in [-0.2, -0.15) is 0 Å². The lowest BCUT2D eigenvalue weighted by atomic mass is 9.97. The van der Waals surface area contributed by atoms with Gasteiger partial charge in [-0.1, -0.05) is 0 Å². The molecule has 0 N–H and O–H groups in total. The van der Waals surface area contributed by atoms with Gasteiger partial charge in [0.2, 0.25) is 0 Å². The molecule has 1 aliphatic heterocycles. The fourth-order valence-corrected chi connectivity index (χ4v) is 1.97. The molecular weight excluding hydrogens is 178 g/mol. The summed E-state index contributed by atoms with van der Waals surface area (Å²) in [5, 5.41) is 0. The molecule has 0 aromatic carbocycles. The van der Waals surface area contributed by atoms with Crippen LogP contribution in [0.1, 0.15) is 26.2 Å². The first-order valence-electron chi connectivity index (χ1n) is 5.46. The smallest absolute Gasteiger partial charge is 0.123 e. The summed E-state index contributed by atoms with van der Waals surface area (Å²) >= 11 is 0. The Bertz CT molecular complexity index is 165. The van der Waals surface area contributed by atoms with Gasteiger partial charge in [0.15, 0.2) is 0 Å². The second-order valence-corrected chi connectivity index (χ2v) is 4.14. The maximum absolute atomic E-state index is 10.6. The van der Waals surface area contributed by atoms with Crippen LogP contribution in [0.2, 0.25) is 0 Å². The Morgan fingerprint density at radius 2 is 2.14 bits per heavy atom. The van der Waals surface area contributed by atoms with Crippen molar-refractivity contribution in [3.63, 3.8) is 0 Å². The number of hydrogen-bond acceptors (Lipinski definition) is 3. The molecule has 0 aromatic rings. The molecular formula is C11H21NO2. The Kier molecular flexibility index (Phi) is 5.12. The Morgan fingerprint density at radius 1 is 1.50 bits per heavy atom. The van der Waals surface area contributed by atoms with Crippen LogP contribution in [-0.2, 0) is 9.53 Å². The SMILES string of the molecule is COCCC(C)N1CCC(C=O)CC1. The third-order valence-electron chi connectivity index (χ3n) is 3.13. The third kappa shape index (κ3) is 3.39. The summed E-state index contributed by atoms with van der Waals surface area (Å²) in [7, 11) is 1.74. The van der Waals surface area contributed by atoms with E-state index in [1.165, 1.54) is 0 Å². The average Bonchev–Trinajstić information content (AvgIpc) is 2.26. The summed E-state index contributed by atoms with van der Waals surface area (Å²) in [5.74, 6) is 0.306. The molecule has 0 saturated carbocycles. The first-order valence-corrected chi connectivity index (χ1v) is 5.46. The molecule has 1 atom stereocenters. The van der Waals surface area contributed by atoms with Crippen LogP contribution in [0.3, 0.4) is 0 Å². The number of methoxy groups -OCH3 is 1. The Labute approximate surface area is 86.4 Å². The van der Waals surface area contributed by atoms with Crippen molar-refractivity contribution >= 4 is 6.29 Å². The molecule has 0 aliphatic carbocycles. The number of carbonyl (C=O) groups excluding carboxylic acids is 1. The van der Waals surface area contributed by atoms with Crippen molar-refractivity contribution in [1.29, 1.82) is 0 Å². The van der Waals surface area contributed by atoms with Crippen molar-refractivity contribution in [3.8, 4) is 0 Å². The molecule has 3 nitrogen and oxygen atoms in total. The van der Waals surface area contributed by atoms with Crippen LogP contribution in [0, 0.1) is 5.92 Å². The molecule has 1 rings (SSSR count). The fraction of sp³-hybridized carbons (Fsp3) is 0.909. The highest BCUT2D eigenvalue weighted by Crippen LogP contribution is 2.18. The lowest BCUT2D eigenvalue weighted by Gasteiger charge is -2.34. The standard InChI is InChI=1S/C11H21NO2/c1-10(5-8-14-2)12-6-3-11(9-13)4-7-12/h9-11H,3-8H2,1-2H3. The lowest BCUT2D eigenvalue weighted by Crippen LogP contribution is -2.40. The quantitative estimate of drug-likeness (QED) is 0.625. The van der Waals surface area contributed by atoms with E-state index in [9.17, 15) is 4.79 Å². The summed E-state index contributed by atoms with van der Waals surface area (Å²) in [5.41, 5.74) is 0. The number of piperidine rings is 1. The van der Waals surface area contributed by atoms with E-state index in [1.54, 1.807) is 7.11 Å². The number of nitrogens with zero attached hydrogens (tertiary/aromatic N) is 1. The average molecular weight is 199 g/mol. The number of carbonyl (C=O) groups is 1. The van der Waals surface area contributed by atoms with Gasteiger partial charge in [-0.05, 0) is 39.3 Å². The zero-order valence-electron chi connectivity index (χ0n) is 9.24. The van der Waals surface area contributed by atoms with Gasteiger partial charge < -0.3 is 14.4 Å². The maximum atomic E-state index is 10.6. The highest BCUT2D eigenvalue weighted by atomic mass is 16.5. The van der Waals surface area contributed by atoms with Crippen molar-refractivity contribution in [1.82, 2.24) is 4.90 Å². The monoisotopic (exact) mass is 199 g/mol. The van der Waals surface area contributed by atoms with Gasteiger partial charge >= 0.3 is 0 Å². The summed E-state index contributed by atoms with van der Waals surface area (Å²) in [4.78, 5) is 13.0. The summed E-state index contributed by atoms with van der Waals surface area (Å²) in [6, 6.07) is 0.586. The van der Waals surface area contributed by atoms with E-state index in [1.807, 2.05) is 0 Å². The highest BCUT2D eigenvalue weighted by Gasteiger charge is 2.21. The first kappa shape index (κ1) is 11.7. The van der Waals surface area contributed by atoms with Gasteiger partial charge in [-0.15, -0.1) is 0 Å². The third-order valence-corrected chi connectivity index (χ3v) is 3.13. The zero-order chi connectivity index (χ0) is 10.4. The van der Waals surface area contributed by atoms with Crippen molar-refractivity contribution in [2.45, 2.75) is 32.2 Å². The Hall–Kier alpha value is -0.410. The molecule has 0 spiro atoms. The van der Waals surface area contributed by atoms with Gasteiger partial charge in [0.05, 0.1) is 0 Å². The van der Waals surface area contributed by atoms with E-state index >= 15 is 0 Å². The van der Waals surface area contributed by atoms with E-state index in [0.29, 0.717) is 12.0 Å². The molecule has 1 heterocycles. The van der Waals surface area contributed by atoms with Crippen LogP contribution in [0.5, 0.6) is 0 Å². The largest absolute Gasteiger partial charge is 0.385 e. The van der Waals surface area contributed by atoms with Crippen LogP contribution < -0.4 is 0 Å². The van der Waals surface area contributed by atoms with Crippen LogP contribution in [0.25, 0.3) is 0 Å². The van der Waals surface area contributed by atoms with Gasteiger partial charge in [0, 0.05) is 25.7 Å². The van der Waals surface area contributed by atoms with E-state index in [2.05, 4.69) is 11.8 Å². The van der Waals surface area contributed by atoms with E-state index < -0.39 is 0 Å². The number of aldehydes is 1. The maximum Gasteiger partial charge on any atom is 0.123 e. The molecule has 0 aromatic heterocycles. The fourth-order valence-electron chi connectivity index (χ4n) is 1.97. The lowest BCUT2D eigenvalue weighted by molar-refractivity contribution is -0.112. The predicted molar refractivity (Wildman–Crippen MR) is 56.3 cm³/mol. The molecule has 1 fully saturated rings. The molecule has 0 radical (unpaired) electrons. The summed E-state index contributed by atoms with van der Waals surface area (Å²) < 4.78 is 5.06. The number of likely N-dealkylation sites (tertiary alicyclic amines) is 1. The van der Waals surface area contributed by atoms with Crippen LogP contribution in [0.15, 0.2) is 0 Å². The van der Waals surface area contributed by atoms with Gasteiger partial charge in [-0.25, -0.2) is 0 Å². The van der Waals surface area contributed by atoms with Crippen LogP contribution in [-0.4, -0.2) is 44.0 Å². The number of ether oxygens (including phenoxy) is 1. The normalized spacial score (nSPS) is 22.1. The molecule has 0 bridgehead atoms. The Morgan fingerprint density at radius 3 is 2.64 bits per heavy atom. The van der Waals surface area contributed by atoms with Gasteiger partial charge in [0.25, 0.3) is 0 Å². The summed E-state index contributed by atoms with van der Waals surface area (Å²) in [6.45, 7) is 5.19. The molecule has 3 heteroatoms. The van der Waals surface area contributed by atoms with E-state index in [4.69, 9.17) is 4.74 Å². The number of rotatable bonds is 5. The summed E-state index contributed by atoms with van der Waals surface area (Å²) in [6.07, 6.45) is 4.25. The van der Waals surface area contributed by atoms with Gasteiger partial charge in [-0.3, -0.25) is 0 Å². The molecule has 0 amide bonds. The van der Waals surface area contributed by atoms with Crippen LogP contribution >= 0.6 is 0 Å². The topological polar surface area (TPSA) is 29.5 Å². The second-order valence-electron chi connectivity index (χ2n) is 4.14. The van der Waals surface area contributed by atoms with E-state index in [0.717, 1.165) is 45.2 Å². The van der Waals surface area contributed by atoms with Crippen molar-refractivity contribution in [3.05, 3.63) is 0 Å². The highest BCUT2D eigenvalue weighted by molar-refractivity contribution is 5.53. The molecule has 1 saturated heterocycles.